The number of methoxy groups -OCH3 is 1. The molecule has 1 N–H and O–H groups in total. The van der Waals surface area contributed by atoms with Gasteiger partial charge in [0.05, 0.1) is 17.6 Å². The fourth-order valence-electron chi connectivity index (χ4n) is 3.40. The molecule has 0 fully saturated rings. The molecule has 10 nitrogen and oxygen atoms in total. The molecule has 11 heteroatoms. The van der Waals surface area contributed by atoms with E-state index < -0.39 is 10.8 Å². The summed E-state index contributed by atoms with van der Waals surface area (Å²) in [6.45, 7) is 2.29. The van der Waals surface area contributed by atoms with Gasteiger partial charge in [-0.15, -0.1) is 0 Å². The number of carbonyl (C=O) groups excluding carboxylic acids is 1. The van der Waals surface area contributed by atoms with Crippen molar-refractivity contribution in [2.75, 3.05) is 7.11 Å². The van der Waals surface area contributed by atoms with Crippen LogP contribution >= 0.6 is 11.8 Å². The first kappa shape index (κ1) is 24.1. The van der Waals surface area contributed by atoms with Gasteiger partial charge in [-0.2, -0.15) is 15.1 Å². The lowest BCUT2D eigenvalue weighted by atomic mass is 10.1. The van der Waals surface area contributed by atoms with Crippen LogP contribution in [0.2, 0.25) is 0 Å². The monoisotopic (exact) mass is 493 g/mol. The maximum Gasteiger partial charge on any atom is 0.283 e. The van der Waals surface area contributed by atoms with Crippen LogP contribution in [0.4, 0.5) is 5.69 Å². The van der Waals surface area contributed by atoms with Crippen molar-refractivity contribution in [3.8, 4) is 11.5 Å². The molecule has 2 aliphatic heterocycles. The Balaban J connectivity index is 1.50. The fourth-order valence-corrected chi connectivity index (χ4v) is 4.32. The molecular formula is C24H23N5O5S. The topological polar surface area (TPSA) is 130 Å². The first-order valence-electron chi connectivity index (χ1n) is 10.9. The van der Waals surface area contributed by atoms with Gasteiger partial charge in [0.15, 0.2) is 17.3 Å². The Morgan fingerprint density at radius 1 is 1.20 bits per heavy atom. The molecule has 180 valence electrons. The zero-order valence-electron chi connectivity index (χ0n) is 19.2. The van der Waals surface area contributed by atoms with Crippen LogP contribution in [0.1, 0.15) is 37.3 Å². The van der Waals surface area contributed by atoms with Crippen LogP contribution in [0.5, 0.6) is 11.5 Å². The number of hydrazone groups is 1. The molecule has 0 radical (unpaired) electrons. The number of nitrogens with zero attached hydrogens (tertiary/aromatic N) is 4. The number of nitro groups is 1. The number of aliphatic imine (C=N–C) groups is 1. The smallest absolute Gasteiger partial charge is 0.283 e. The summed E-state index contributed by atoms with van der Waals surface area (Å²) in [6, 6.07) is 11.3. The third-order valence-corrected chi connectivity index (χ3v) is 6.25. The van der Waals surface area contributed by atoms with Crippen molar-refractivity contribution >= 4 is 45.5 Å². The van der Waals surface area contributed by atoms with Crippen LogP contribution in [-0.2, 0) is 11.4 Å². The molecule has 1 amide bonds. The Bertz CT molecular complexity index is 1270. The first-order chi connectivity index (χ1) is 16.9. The van der Waals surface area contributed by atoms with E-state index in [0.717, 1.165) is 29.9 Å². The van der Waals surface area contributed by atoms with Gasteiger partial charge in [-0.25, -0.2) is 0 Å². The predicted octanol–water partition coefficient (Wildman–Crippen LogP) is 4.99. The van der Waals surface area contributed by atoms with E-state index in [1.54, 1.807) is 36.4 Å². The number of unbranched alkanes of at least 4 members (excludes halogenated alkanes) is 1. The number of rotatable bonds is 9. The summed E-state index contributed by atoms with van der Waals surface area (Å²) in [5, 5.41) is 26.4. The van der Waals surface area contributed by atoms with Crippen LogP contribution in [0.25, 0.3) is 6.08 Å². The summed E-state index contributed by atoms with van der Waals surface area (Å²) < 4.78 is 11.3. The highest BCUT2D eigenvalue weighted by atomic mass is 32.2. The molecule has 2 aliphatic rings. The first-order valence-corrected chi connectivity index (χ1v) is 11.7. The molecule has 35 heavy (non-hydrogen) atoms. The number of amidine groups is 2. The number of fused-ring (bicyclic) bond motifs is 1. The van der Waals surface area contributed by atoms with Crippen molar-refractivity contribution in [1.82, 2.24) is 5.01 Å². The van der Waals surface area contributed by atoms with Crippen molar-refractivity contribution in [1.29, 1.82) is 5.41 Å². The highest BCUT2D eigenvalue weighted by Gasteiger charge is 2.35. The van der Waals surface area contributed by atoms with E-state index in [0.29, 0.717) is 22.2 Å². The quantitative estimate of drug-likeness (QED) is 0.296. The number of nitrogens with one attached hydrogen (secondary N) is 1. The molecule has 0 aromatic heterocycles. The molecule has 4 rings (SSSR count). The molecular weight excluding hydrogens is 470 g/mol. The molecule has 0 saturated carbocycles. The summed E-state index contributed by atoms with van der Waals surface area (Å²) in [5.41, 5.74) is 1.55. The SMILES string of the molecule is CCCCC1=NN2C(=N)C(=Cc3ccc(OCc4ccc([N+](=O)[O-])cc4)c(OC)c3)C(=O)N=C2S1. The number of benzene rings is 2. The summed E-state index contributed by atoms with van der Waals surface area (Å²) in [7, 11) is 1.50. The van der Waals surface area contributed by atoms with Gasteiger partial charge in [0.1, 0.15) is 11.7 Å². The largest absolute Gasteiger partial charge is 0.493 e. The van der Waals surface area contributed by atoms with E-state index in [4.69, 9.17) is 14.9 Å². The second kappa shape index (κ2) is 10.5. The molecule has 2 heterocycles. The minimum Gasteiger partial charge on any atom is -0.493 e. The zero-order valence-corrected chi connectivity index (χ0v) is 20.0. The minimum atomic E-state index is -0.488. The fraction of sp³-hybridized carbons (Fsp3) is 0.250. The Labute approximate surface area is 206 Å². The molecule has 2 aromatic carbocycles. The molecule has 0 aliphatic carbocycles. The van der Waals surface area contributed by atoms with Gasteiger partial charge < -0.3 is 9.47 Å². The number of hydrogen-bond acceptors (Lipinski definition) is 8. The van der Waals surface area contributed by atoms with Gasteiger partial charge in [0, 0.05) is 12.1 Å². The average molecular weight is 494 g/mol. The Hall–Kier alpha value is -3.99. The predicted molar refractivity (Wildman–Crippen MR) is 135 cm³/mol. The third kappa shape index (κ3) is 5.40. The standard InChI is InChI=1S/C24H23N5O5S/c1-3-4-5-21-27-28-22(25)18(23(30)26-24(28)35-21)12-16-8-11-19(20(13-16)33-2)34-14-15-6-9-17(10-7-15)29(31)32/h6-13,25H,3-5,14H2,1-2H3. The normalized spacial score (nSPS) is 16.2. The molecule has 0 spiro atoms. The van der Waals surface area contributed by atoms with Crippen molar-refractivity contribution in [3.05, 3.63) is 69.3 Å². The van der Waals surface area contributed by atoms with Crippen LogP contribution < -0.4 is 9.47 Å². The van der Waals surface area contributed by atoms with Gasteiger partial charge in [-0.05, 0) is 66.1 Å². The molecule has 0 unspecified atom stereocenters. The van der Waals surface area contributed by atoms with Crippen molar-refractivity contribution in [3.63, 3.8) is 0 Å². The number of nitro benzene ring substituents is 1. The highest BCUT2D eigenvalue weighted by molar-refractivity contribution is 8.26. The Morgan fingerprint density at radius 2 is 1.97 bits per heavy atom. The summed E-state index contributed by atoms with van der Waals surface area (Å²) >= 11 is 1.33. The lowest BCUT2D eigenvalue weighted by Crippen LogP contribution is -2.35. The maximum absolute atomic E-state index is 12.6. The number of amides is 1. The van der Waals surface area contributed by atoms with Crippen LogP contribution in [0, 0.1) is 15.5 Å². The average Bonchev–Trinajstić information content (AvgIpc) is 3.27. The lowest BCUT2D eigenvalue weighted by molar-refractivity contribution is -0.384. The van der Waals surface area contributed by atoms with Gasteiger partial charge >= 0.3 is 0 Å². The van der Waals surface area contributed by atoms with E-state index in [1.807, 2.05) is 0 Å². The van der Waals surface area contributed by atoms with Crippen molar-refractivity contribution in [2.45, 2.75) is 32.8 Å². The van der Waals surface area contributed by atoms with Crippen molar-refractivity contribution < 1.29 is 19.2 Å². The van der Waals surface area contributed by atoms with E-state index in [2.05, 4.69) is 17.0 Å². The molecule has 2 aromatic rings. The number of non-ortho nitro benzene ring substituents is 1. The minimum absolute atomic E-state index is 0.0124. The van der Waals surface area contributed by atoms with Crippen LogP contribution in [0.15, 0.2) is 58.1 Å². The van der Waals surface area contributed by atoms with Crippen LogP contribution in [-0.4, -0.2) is 39.0 Å². The summed E-state index contributed by atoms with van der Waals surface area (Å²) in [5.74, 6) is 0.408. The van der Waals surface area contributed by atoms with E-state index in [9.17, 15) is 14.9 Å². The number of ether oxygens (including phenoxy) is 2. The van der Waals surface area contributed by atoms with Gasteiger partial charge in [-0.3, -0.25) is 20.3 Å². The van der Waals surface area contributed by atoms with Crippen LogP contribution in [0.3, 0.4) is 0 Å². The van der Waals surface area contributed by atoms with Gasteiger partial charge in [-0.1, -0.05) is 19.4 Å². The second-order valence-corrected chi connectivity index (χ2v) is 8.78. The third-order valence-electron chi connectivity index (χ3n) is 5.28. The Morgan fingerprint density at radius 3 is 2.66 bits per heavy atom. The van der Waals surface area contributed by atoms with Gasteiger partial charge in [0.25, 0.3) is 11.6 Å². The lowest BCUT2D eigenvalue weighted by Gasteiger charge is -2.20. The number of carbonyl (C=O) groups is 1. The van der Waals surface area contributed by atoms with Crippen molar-refractivity contribution in [2.24, 2.45) is 10.1 Å². The van der Waals surface area contributed by atoms with E-state index in [-0.39, 0.29) is 23.7 Å². The van der Waals surface area contributed by atoms with E-state index in [1.165, 1.54) is 36.0 Å². The highest BCUT2D eigenvalue weighted by Crippen LogP contribution is 2.32. The zero-order chi connectivity index (χ0) is 24.9. The molecule has 0 bridgehead atoms. The maximum atomic E-state index is 12.6. The van der Waals surface area contributed by atoms with E-state index >= 15 is 0 Å². The Kier molecular flexibility index (Phi) is 7.25. The molecule has 0 atom stereocenters. The molecule has 0 saturated heterocycles. The second-order valence-electron chi connectivity index (χ2n) is 7.74. The summed E-state index contributed by atoms with van der Waals surface area (Å²) in [6.07, 6.45) is 4.38. The van der Waals surface area contributed by atoms with Gasteiger partial charge in [0.2, 0.25) is 5.17 Å². The number of thioether (sulfide) groups is 1. The summed E-state index contributed by atoms with van der Waals surface area (Å²) in [4.78, 5) is 27.1. The number of hydrogen-bond donors (Lipinski definition) is 1.